The van der Waals surface area contributed by atoms with Gasteiger partial charge in [-0.25, -0.2) is 4.79 Å². The van der Waals surface area contributed by atoms with E-state index in [1.165, 1.54) is 44.2 Å². The van der Waals surface area contributed by atoms with E-state index in [9.17, 15) is 73.2 Å². The van der Waals surface area contributed by atoms with Gasteiger partial charge in [0.05, 0.1) is 31.4 Å². The lowest BCUT2D eigenvalue weighted by Gasteiger charge is -2.33. The van der Waals surface area contributed by atoms with E-state index in [2.05, 4.69) is 47.5 Å². The Hall–Kier alpha value is -8.85. The van der Waals surface area contributed by atoms with E-state index in [0.717, 1.165) is 6.92 Å². The lowest BCUT2D eigenvalue weighted by Crippen LogP contribution is -2.64. The molecule has 32 nitrogen and oxygen atoms in total. The summed E-state index contributed by atoms with van der Waals surface area (Å²) in [5, 5.41) is 68.2. The molecule has 32 heteroatoms. The number of nitrogens with zero attached hydrogens (tertiary/aromatic N) is 1. The van der Waals surface area contributed by atoms with Gasteiger partial charge in [-0.05, 0) is 73.8 Å². The van der Waals surface area contributed by atoms with Crippen LogP contribution >= 0.6 is 0 Å². The van der Waals surface area contributed by atoms with Crippen molar-refractivity contribution in [2.75, 3.05) is 19.7 Å². The molecule has 1 fully saturated rings. The Kier molecular flexibility index (Phi) is 32.2. The summed E-state index contributed by atoms with van der Waals surface area (Å²) in [6, 6.07) is -2.25. The number of aliphatic imine (C=N–C) groups is 1. The van der Waals surface area contributed by atoms with Crippen LogP contribution in [0.25, 0.3) is 0 Å². The number of amides is 11. The van der Waals surface area contributed by atoms with Crippen LogP contribution in [0.1, 0.15) is 112 Å². The Morgan fingerprint density at radius 3 is 1.74 bits per heavy atom. The Labute approximate surface area is 539 Å². The summed E-state index contributed by atoms with van der Waals surface area (Å²) in [6.07, 6.45) is -8.28. The molecule has 2 aromatic rings. The monoisotopic (exact) mass is 1310 g/mol. The number of aliphatic hydroxyl groups excluding tert-OH is 4. The first-order valence-electron chi connectivity index (χ1n) is 30.8. The predicted molar refractivity (Wildman–Crippen MR) is 337 cm³/mol. The van der Waals surface area contributed by atoms with Gasteiger partial charge in [0.25, 0.3) is 0 Å². The van der Waals surface area contributed by atoms with Gasteiger partial charge in [-0.3, -0.25) is 57.7 Å². The van der Waals surface area contributed by atoms with Gasteiger partial charge in [0, 0.05) is 6.54 Å². The minimum Gasteiger partial charge on any atom is -0.453 e. The fourth-order valence-corrected chi connectivity index (χ4v) is 9.60. The van der Waals surface area contributed by atoms with Gasteiger partial charge in [-0.2, -0.15) is 0 Å². The maximum absolute atomic E-state index is 15.4. The van der Waals surface area contributed by atoms with Gasteiger partial charge in [0.1, 0.15) is 48.3 Å². The van der Waals surface area contributed by atoms with E-state index in [-0.39, 0.29) is 68.4 Å². The maximum Gasteiger partial charge on any atom is 0.331 e. The molecule has 2 unspecified atom stereocenters. The minimum atomic E-state index is -2.58. The molecule has 516 valence electrons. The van der Waals surface area contributed by atoms with Crippen LogP contribution in [-0.2, 0) is 68.7 Å². The van der Waals surface area contributed by atoms with Crippen LogP contribution in [-0.4, -0.2) is 196 Å². The van der Waals surface area contributed by atoms with Crippen molar-refractivity contribution >= 4 is 76.9 Å². The molecule has 1 saturated heterocycles. The van der Waals surface area contributed by atoms with Crippen molar-refractivity contribution in [3.63, 3.8) is 0 Å². The van der Waals surface area contributed by atoms with Crippen LogP contribution in [0.15, 0.2) is 65.7 Å². The van der Waals surface area contributed by atoms with Gasteiger partial charge >= 0.3 is 5.97 Å². The van der Waals surface area contributed by atoms with E-state index in [4.69, 9.17) is 27.7 Å². The van der Waals surface area contributed by atoms with E-state index >= 15 is 4.79 Å². The lowest BCUT2D eigenvalue weighted by atomic mass is 9.95. The number of ether oxygens (including phenoxy) is 1. The first-order valence-corrected chi connectivity index (χ1v) is 30.8. The number of carbonyl (C=O) groups excluding carboxylic acids is 12. The van der Waals surface area contributed by atoms with Gasteiger partial charge in [0.15, 0.2) is 24.2 Å². The van der Waals surface area contributed by atoms with Gasteiger partial charge in [-0.15, -0.1) is 0 Å². The fraction of sp³-hybridized carbons (Fsp3) is 0.590. The molecule has 0 saturated carbocycles. The molecule has 1 heterocycles. The van der Waals surface area contributed by atoms with Crippen molar-refractivity contribution in [2.45, 2.75) is 186 Å². The summed E-state index contributed by atoms with van der Waals surface area (Å²) in [5.41, 5.74) is 23.4. The summed E-state index contributed by atoms with van der Waals surface area (Å²) < 4.78 is 5.94. The molecule has 22 N–H and O–H groups in total. The molecule has 0 bridgehead atoms. The lowest BCUT2D eigenvalue weighted by molar-refractivity contribution is -0.159. The number of nitrogens with two attached hydrogens (primary N) is 4. The third kappa shape index (κ3) is 25.3. The van der Waals surface area contributed by atoms with Crippen LogP contribution in [0.4, 0.5) is 0 Å². The zero-order chi connectivity index (χ0) is 70.0. The summed E-state index contributed by atoms with van der Waals surface area (Å²) in [4.78, 5) is 175. The highest BCUT2D eigenvalue weighted by atomic mass is 16.5. The van der Waals surface area contributed by atoms with Gasteiger partial charge in [0.2, 0.25) is 65.0 Å². The fourth-order valence-electron chi connectivity index (χ4n) is 9.60. The van der Waals surface area contributed by atoms with E-state index in [1.54, 1.807) is 71.9 Å². The molecule has 0 radical (unpaired) electrons. The smallest absolute Gasteiger partial charge is 0.331 e. The first kappa shape index (κ1) is 78.4. The number of guanidine groups is 1. The quantitative estimate of drug-likeness (QED) is 0.0214. The zero-order valence-electron chi connectivity index (χ0n) is 53.9. The second-order valence-corrected chi connectivity index (χ2v) is 24.1. The highest BCUT2D eigenvalue weighted by molar-refractivity contribution is 6.00. The Balaban J connectivity index is 2.40. The molecule has 15 atom stereocenters. The number of hydrogen-bond donors (Lipinski definition) is 18. The number of cyclic esters (lactones) is 1. The van der Waals surface area contributed by atoms with Gasteiger partial charge in [-0.1, -0.05) is 122 Å². The van der Waals surface area contributed by atoms with E-state index in [0.29, 0.717) is 5.56 Å². The van der Waals surface area contributed by atoms with Crippen LogP contribution in [0.3, 0.4) is 0 Å². The van der Waals surface area contributed by atoms with Crippen molar-refractivity contribution in [3.05, 3.63) is 71.8 Å². The standard InChI is InChI=1S/C61H95N15O17/c1-10-32(8)42-56(88)74-43(33(9)78)55(87)67-27-41(79)72-45(48(81)50(63)82)58(90)71-40(28-77)60(92)93-49(35-20-15-12-16-21-35)46(76-54(86)39(25-30(4)5)69-51(83)36(62)26-34-18-13-11-14-19-34)59(91)75-44(47(80)31(6)7)57(89)70-38(24-29(2)3)53(85)68-37(52(84)73-42)22-17-23-66-61(64)65/h11-16,18-21,29-33,36-40,42-49,77-78,80-81H,10,17,22-28,62H2,1-9H3,(H2,63,82)(H,67,87)(H,68,85)(H,69,83)(H,70,89)(H,71,90)(H,72,79)(H,73,84)(H,74,88)(H,75,91)(H,76,86)(H4,64,65,66)/t32-,33-,36-,37+,38-,39-,40-,42?,43?,44-,45-,46-,47+,48-,49+/m0/s1. The number of benzene rings is 2. The van der Waals surface area contributed by atoms with Crippen molar-refractivity contribution in [1.82, 2.24) is 53.2 Å². The molecule has 1 aliphatic rings. The van der Waals surface area contributed by atoms with Crippen molar-refractivity contribution in [3.8, 4) is 0 Å². The number of hydrogen-bond acceptors (Lipinski definition) is 19. The van der Waals surface area contributed by atoms with Crippen molar-refractivity contribution in [1.29, 1.82) is 0 Å². The molecule has 11 amide bonds. The summed E-state index contributed by atoms with van der Waals surface area (Å²) in [6.45, 7) is 11.7. The Bertz CT molecular complexity index is 2900. The van der Waals surface area contributed by atoms with Crippen molar-refractivity contribution < 1.29 is 82.7 Å². The van der Waals surface area contributed by atoms with Gasteiger partial charge < -0.3 is 101 Å². The van der Waals surface area contributed by atoms with Crippen LogP contribution < -0.4 is 76.1 Å². The summed E-state index contributed by atoms with van der Waals surface area (Å²) >= 11 is 0. The average molecular weight is 1310 g/mol. The zero-order valence-corrected chi connectivity index (χ0v) is 53.9. The summed E-state index contributed by atoms with van der Waals surface area (Å²) in [5.74, 6) is -17.3. The molecule has 0 aliphatic carbocycles. The summed E-state index contributed by atoms with van der Waals surface area (Å²) in [7, 11) is 0. The molecule has 3 rings (SSSR count). The topological polar surface area (TPSA) is 532 Å². The average Bonchev–Trinajstić information content (AvgIpc) is 0.857. The third-order valence-electron chi connectivity index (χ3n) is 15.0. The molecule has 1 aliphatic heterocycles. The first-order chi connectivity index (χ1) is 43.7. The number of rotatable bonds is 23. The highest BCUT2D eigenvalue weighted by Gasteiger charge is 2.44. The SMILES string of the molecule is CC[C@H](C)C1NC(=O)[C@@H](CCCN=C(N)N)NC(=O)[C@H](CC(C)C)NC(=O)[C@H]([C@H](O)C(C)C)NC(=O)[C@@H](NC(=O)[C@H](CC(C)C)NC(=O)[C@@H](N)Cc2ccccc2)[C@@H](c2ccccc2)OC(=O)[C@H](CO)NC(=O)[C@H]([C@H](O)C(N)=O)NC(=O)CNC(=O)C([C@H](C)O)NC1=O. The van der Waals surface area contributed by atoms with Crippen LogP contribution in [0, 0.1) is 23.7 Å². The Morgan fingerprint density at radius 2 is 1.19 bits per heavy atom. The van der Waals surface area contributed by atoms with Crippen LogP contribution in [0.2, 0.25) is 0 Å². The number of carbonyl (C=O) groups is 12. The van der Waals surface area contributed by atoms with Crippen LogP contribution in [0.5, 0.6) is 0 Å². The molecule has 2 aromatic carbocycles. The van der Waals surface area contributed by atoms with E-state index < -0.39 is 181 Å². The third-order valence-corrected chi connectivity index (χ3v) is 15.0. The molecule has 0 aromatic heterocycles. The molecular formula is C61H95N15O17. The highest BCUT2D eigenvalue weighted by Crippen LogP contribution is 2.25. The normalized spacial score (nSPS) is 24.2. The largest absolute Gasteiger partial charge is 0.453 e. The molecule has 93 heavy (non-hydrogen) atoms. The maximum atomic E-state index is 15.4. The predicted octanol–water partition coefficient (Wildman–Crippen LogP) is -5.24. The van der Waals surface area contributed by atoms with Crippen molar-refractivity contribution in [2.24, 2.45) is 51.6 Å². The molecule has 0 spiro atoms. The number of nitrogens with one attached hydrogen (secondary N) is 10. The number of esters is 1. The second-order valence-electron chi connectivity index (χ2n) is 24.1. The molecular weight excluding hydrogens is 1210 g/mol. The Morgan fingerprint density at radius 1 is 0.645 bits per heavy atom. The number of primary amides is 1. The van der Waals surface area contributed by atoms with E-state index in [1.807, 2.05) is 10.6 Å². The number of aliphatic hydroxyl groups is 4. The minimum absolute atomic E-state index is 0.0388. The second kappa shape index (κ2) is 38.2.